The monoisotopic (exact) mass is 302 g/mol. The Kier molecular flexibility index (Phi) is 6.91. The Bertz CT molecular complexity index is 560. The second kappa shape index (κ2) is 8.94. The molecule has 0 bridgehead atoms. The summed E-state index contributed by atoms with van der Waals surface area (Å²) in [6.07, 6.45) is 10.0. The summed E-state index contributed by atoms with van der Waals surface area (Å²) in [6, 6.07) is 8.16. The third kappa shape index (κ3) is 4.57. The van der Waals surface area contributed by atoms with Gasteiger partial charge in [0.1, 0.15) is 11.9 Å². The van der Waals surface area contributed by atoms with E-state index in [2.05, 4.69) is 22.5 Å². The van der Waals surface area contributed by atoms with E-state index in [0.29, 0.717) is 0 Å². The Labute approximate surface area is 134 Å². The van der Waals surface area contributed by atoms with Gasteiger partial charge in [-0.3, -0.25) is 0 Å². The Hall–Kier alpha value is -1.35. The molecule has 0 aliphatic heterocycles. The topological polar surface area (TPSA) is 38.0 Å². The fraction of sp³-hybridized carbons (Fsp3) is 0.632. The van der Waals surface area contributed by atoms with E-state index in [1.807, 2.05) is 18.2 Å². The molecule has 1 N–H and O–H groups in total. The highest BCUT2D eigenvalue weighted by atomic mass is 16.3. The molecule has 1 aromatic carbocycles. The first kappa shape index (κ1) is 17.0. The highest BCUT2D eigenvalue weighted by Crippen LogP contribution is 2.21. The van der Waals surface area contributed by atoms with Crippen LogP contribution in [0.25, 0.3) is 11.0 Å². The zero-order chi connectivity index (χ0) is 15.8. The van der Waals surface area contributed by atoms with Gasteiger partial charge in [-0.1, -0.05) is 64.0 Å². The number of aliphatic hydroxyl groups is 1. The van der Waals surface area contributed by atoms with Crippen molar-refractivity contribution in [2.45, 2.75) is 77.9 Å². The number of nitrogens with zero attached hydrogens (tertiary/aromatic N) is 2. The molecular weight excluding hydrogens is 272 g/mol. The summed E-state index contributed by atoms with van der Waals surface area (Å²) in [4.78, 5) is 4.57. The van der Waals surface area contributed by atoms with Crippen molar-refractivity contribution in [2.75, 3.05) is 0 Å². The SMILES string of the molecule is CCCCCCCCCCn1c([C@H](C)O)nc2ccccc21. The van der Waals surface area contributed by atoms with Crippen LogP contribution in [0.2, 0.25) is 0 Å². The van der Waals surface area contributed by atoms with E-state index in [-0.39, 0.29) is 0 Å². The van der Waals surface area contributed by atoms with Crippen LogP contribution in [-0.4, -0.2) is 14.7 Å². The number of para-hydroxylation sites is 2. The van der Waals surface area contributed by atoms with E-state index in [4.69, 9.17) is 0 Å². The first-order valence-electron chi connectivity index (χ1n) is 8.87. The number of imidazole rings is 1. The van der Waals surface area contributed by atoms with Crippen molar-refractivity contribution in [3.63, 3.8) is 0 Å². The first-order valence-corrected chi connectivity index (χ1v) is 8.87. The normalized spacial score (nSPS) is 12.9. The smallest absolute Gasteiger partial charge is 0.138 e. The summed E-state index contributed by atoms with van der Waals surface area (Å²) in [5, 5.41) is 9.95. The van der Waals surface area contributed by atoms with Gasteiger partial charge in [0.25, 0.3) is 0 Å². The Morgan fingerprint density at radius 3 is 2.32 bits per heavy atom. The lowest BCUT2D eigenvalue weighted by Gasteiger charge is -2.11. The van der Waals surface area contributed by atoms with Crippen LogP contribution in [0.15, 0.2) is 24.3 Å². The maximum Gasteiger partial charge on any atom is 0.138 e. The minimum absolute atomic E-state index is 0.513. The largest absolute Gasteiger partial charge is 0.385 e. The molecule has 1 atom stereocenters. The highest BCUT2D eigenvalue weighted by molar-refractivity contribution is 5.75. The van der Waals surface area contributed by atoms with Gasteiger partial charge in [0.2, 0.25) is 0 Å². The molecule has 0 aliphatic carbocycles. The van der Waals surface area contributed by atoms with E-state index < -0.39 is 6.10 Å². The van der Waals surface area contributed by atoms with E-state index in [1.54, 1.807) is 6.92 Å². The summed E-state index contributed by atoms with van der Waals surface area (Å²) >= 11 is 0. The quantitative estimate of drug-likeness (QED) is 0.610. The molecule has 122 valence electrons. The zero-order valence-corrected chi connectivity index (χ0v) is 14.1. The van der Waals surface area contributed by atoms with E-state index in [0.717, 1.165) is 29.8 Å². The van der Waals surface area contributed by atoms with Gasteiger partial charge in [-0.05, 0) is 25.5 Å². The number of fused-ring (bicyclic) bond motifs is 1. The molecule has 0 saturated heterocycles. The van der Waals surface area contributed by atoms with Crippen LogP contribution < -0.4 is 0 Å². The van der Waals surface area contributed by atoms with E-state index in [9.17, 15) is 5.11 Å². The van der Waals surface area contributed by atoms with Crippen LogP contribution in [0.3, 0.4) is 0 Å². The average molecular weight is 302 g/mol. The highest BCUT2D eigenvalue weighted by Gasteiger charge is 2.13. The lowest BCUT2D eigenvalue weighted by atomic mass is 10.1. The van der Waals surface area contributed by atoms with Crippen molar-refractivity contribution in [3.8, 4) is 0 Å². The van der Waals surface area contributed by atoms with Crippen molar-refractivity contribution in [3.05, 3.63) is 30.1 Å². The number of hydrogen-bond acceptors (Lipinski definition) is 2. The summed E-state index contributed by atoms with van der Waals surface area (Å²) in [7, 11) is 0. The zero-order valence-electron chi connectivity index (χ0n) is 14.1. The Morgan fingerprint density at radius 2 is 1.64 bits per heavy atom. The molecule has 0 fully saturated rings. The molecule has 0 unspecified atom stereocenters. The van der Waals surface area contributed by atoms with Gasteiger partial charge in [0.15, 0.2) is 0 Å². The van der Waals surface area contributed by atoms with Crippen molar-refractivity contribution >= 4 is 11.0 Å². The molecule has 3 nitrogen and oxygen atoms in total. The van der Waals surface area contributed by atoms with Crippen LogP contribution >= 0.6 is 0 Å². The molecule has 2 rings (SSSR count). The summed E-state index contributed by atoms with van der Waals surface area (Å²) in [6.45, 7) is 5.01. The summed E-state index contributed by atoms with van der Waals surface area (Å²) < 4.78 is 2.19. The molecule has 0 saturated carbocycles. The van der Waals surface area contributed by atoms with Gasteiger partial charge in [0.05, 0.1) is 11.0 Å². The van der Waals surface area contributed by atoms with Crippen LogP contribution in [0, 0.1) is 0 Å². The second-order valence-electron chi connectivity index (χ2n) is 6.26. The number of unbranched alkanes of at least 4 members (excludes halogenated alkanes) is 7. The third-order valence-electron chi connectivity index (χ3n) is 4.29. The second-order valence-corrected chi connectivity index (χ2v) is 6.26. The van der Waals surface area contributed by atoms with Crippen molar-refractivity contribution in [1.82, 2.24) is 9.55 Å². The average Bonchev–Trinajstić information content (AvgIpc) is 2.89. The lowest BCUT2D eigenvalue weighted by Crippen LogP contribution is -2.07. The predicted octanol–water partition coefficient (Wildman–Crippen LogP) is 5.23. The van der Waals surface area contributed by atoms with Crippen LogP contribution in [-0.2, 0) is 6.54 Å². The van der Waals surface area contributed by atoms with Gasteiger partial charge in [-0.25, -0.2) is 4.98 Å². The number of rotatable bonds is 10. The van der Waals surface area contributed by atoms with Gasteiger partial charge in [0, 0.05) is 6.54 Å². The molecule has 0 spiro atoms. The van der Waals surface area contributed by atoms with E-state index in [1.165, 1.54) is 44.9 Å². The summed E-state index contributed by atoms with van der Waals surface area (Å²) in [5.41, 5.74) is 2.12. The molecule has 0 aliphatic rings. The van der Waals surface area contributed by atoms with Crippen LogP contribution in [0.1, 0.15) is 77.1 Å². The number of aromatic nitrogens is 2. The Balaban J connectivity index is 1.84. The lowest BCUT2D eigenvalue weighted by molar-refractivity contribution is 0.184. The molecule has 0 radical (unpaired) electrons. The fourth-order valence-electron chi connectivity index (χ4n) is 3.05. The maximum absolute atomic E-state index is 9.95. The number of aryl methyl sites for hydroxylation is 1. The van der Waals surface area contributed by atoms with Crippen LogP contribution in [0.4, 0.5) is 0 Å². The molecule has 0 amide bonds. The molecule has 1 aromatic heterocycles. The number of benzene rings is 1. The number of aliphatic hydroxyl groups excluding tert-OH is 1. The van der Waals surface area contributed by atoms with Crippen LogP contribution in [0.5, 0.6) is 0 Å². The van der Waals surface area contributed by atoms with E-state index >= 15 is 0 Å². The van der Waals surface area contributed by atoms with Crippen molar-refractivity contribution in [2.24, 2.45) is 0 Å². The maximum atomic E-state index is 9.95. The fourth-order valence-corrected chi connectivity index (χ4v) is 3.05. The number of hydrogen-bond donors (Lipinski definition) is 1. The van der Waals surface area contributed by atoms with Crippen molar-refractivity contribution < 1.29 is 5.11 Å². The molecule has 1 heterocycles. The van der Waals surface area contributed by atoms with Gasteiger partial charge < -0.3 is 9.67 Å². The summed E-state index contributed by atoms with van der Waals surface area (Å²) in [5.74, 6) is 0.796. The first-order chi connectivity index (χ1) is 10.7. The molecule has 3 heteroatoms. The minimum atomic E-state index is -0.513. The standard InChI is InChI=1S/C19H30N2O/c1-3-4-5-6-7-8-9-12-15-21-18-14-11-10-13-17(18)20-19(21)16(2)22/h10-11,13-14,16,22H,3-9,12,15H2,1-2H3/t16-/m0/s1. The minimum Gasteiger partial charge on any atom is -0.385 e. The van der Waals surface area contributed by atoms with Gasteiger partial charge in [-0.15, -0.1) is 0 Å². The molecular formula is C19H30N2O. The molecule has 22 heavy (non-hydrogen) atoms. The van der Waals surface area contributed by atoms with Crippen molar-refractivity contribution in [1.29, 1.82) is 0 Å². The molecule has 2 aromatic rings. The van der Waals surface area contributed by atoms with Gasteiger partial charge in [-0.2, -0.15) is 0 Å². The predicted molar refractivity (Wildman–Crippen MR) is 93.0 cm³/mol. The third-order valence-corrected chi connectivity index (χ3v) is 4.29. The Morgan fingerprint density at radius 1 is 1.00 bits per heavy atom. The van der Waals surface area contributed by atoms with Gasteiger partial charge >= 0.3 is 0 Å².